The summed E-state index contributed by atoms with van der Waals surface area (Å²) >= 11 is 24.5. The number of nitro groups is 1. The van der Waals surface area contributed by atoms with Gasteiger partial charge in [-0.2, -0.15) is 15.0 Å². The topological polar surface area (TPSA) is 377 Å². The van der Waals surface area contributed by atoms with Gasteiger partial charge in [-0.1, -0.05) is 71.2 Å². The van der Waals surface area contributed by atoms with Crippen LogP contribution in [0.2, 0.25) is 20.4 Å². The van der Waals surface area contributed by atoms with Crippen LogP contribution < -0.4 is 56.6 Å². The number of nitro benzene ring substituents is 1. The SMILES string of the molecule is CC(C)S(=O)(=O)c1ccccc1Nc1nc(Cl)ncc1Cl.Cc1cc(N)c(OC(C)C)cc1C1CCN(C)CC1.Cc1cc(Nc2ncc(Cl)c(Nc3ccccc3S(=O)(=O)C(C)C)n2)c(OC(C)C)cc1C1CCN(C)CC1.Cc1cc(Nc2ncc(Cl)c(Nc3ccccc3S(=O)(=O)C(C)C)n2)c(OC(C)C)cc1C1CCNCC1.Cc1cc([N+](=O)[O-])c(OC(C)C)cc1-c1ccncc1. The number of sulfone groups is 3. The van der Waals surface area contributed by atoms with Crippen LogP contribution in [0, 0.1) is 37.8 Å². The number of nitrogens with zero attached hydrogens (tertiary/aromatic N) is 10. The molecule has 0 bridgehead atoms. The minimum atomic E-state index is -3.52. The summed E-state index contributed by atoms with van der Waals surface area (Å²) in [5.74, 6) is 5.71. The van der Waals surface area contributed by atoms with Crippen molar-refractivity contribution in [3.63, 3.8) is 0 Å². The average molecular weight is 2010 g/mol. The van der Waals surface area contributed by atoms with E-state index < -0.39 is 50.2 Å². The molecule has 0 spiro atoms. The molecule has 29 nitrogen and oxygen atoms in total. The van der Waals surface area contributed by atoms with E-state index in [0.717, 1.165) is 103 Å². The second-order valence-electron chi connectivity index (χ2n) is 36.1. The molecule has 3 aliphatic heterocycles. The van der Waals surface area contributed by atoms with Crippen LogP contribution in [0.4, 0.5) is 69.2 Å². The van der Waals surface area contributed by atoms with Crippen LogP contribution in [0.3, 0.4) is 0 Å². The molecule has 0 amide bonds. The molecule has 3 saturated heterocycles. The van der Waals surface area contributed by atoms with E-state index in [-0.39, 0.29) is 71.0 Å². The lowest BCUT2D eigenvalue weighted by molar-refractivity contribution is -0.386. The molecule has 137 heavy (non-hydrogen) atoms. The van der Waals surface area contributed by atoms with Gasteiger partial charge in [-0.3, -0.25) is 15.1 Å². The van der Waals surface area contributed by atoms with E-state index in [1.165, 1.54) is 84.0 Å². The fourth-order valence-electron chi connectivity index (χ4n) is 15.8. The Morgan fingerprint density at radius 2 is 0.766 bits per heavy atom. The maximum absolute atomic E-state index is 12.9. The fourth-order valence-corrected chi connectivity index (χ4v) is 19.9. The van der Waals surface area contributed by atoms with Crippen molar-refractivity contribution in [3.8, 4) is 34.1 Å². The van der Waals surface area contributed by atoms with Gasteiger partial charge in [0, 0.05) is 18.5 Å². The van der Waals surface area contributed by atoms with Gasteiger partial charge in [0.15, 0.2) is 52.7 Å². The lowest BCUT2D eigenvalue weighted by Crippen LogP contribution is -2.29. The van der Waals surface area contributed by atoms with Crippen molar-refractivity contribution in [2.45, 2.75) is 236 Å². The highest BCUT2D eigenvalue weighted by Crippen LogP contribution is 2.44. The number of piperidine rings is 3. The van der Waals surface area contributed by atoms with Crippen LogP contribution >= 0.6 is 46.4 Å². The highest BCUT2D eigenvalue weighted by Gasteiger charge is 2.31. The Morgan fingerprint density at radius 1 is 0.423 bits per heavy atom. The summed E-state index contributed by atoms with van der Waals surface area (Å²) in [6, 6.07) is 39.7. The number of nitrogens with one attached hydrogen (secondary N) is 6. The zero-order valence-corrected chi connectivity index (χ0v) is 87.0. The van der Waals surface area contributed by atoms with Crippen LogP contribution in [-0.4, -0.2) is 168 Å². The van der Waals surface area contributed by atoms with Gasteiger partial charge in [0.25, 0.3) is 0 Å². The molecule has 11 aromatic rings. The molecule has 3 fully saturated rings. The van der Waals surface area contributed by atoms with E-state index in [1.54, 1.807) is 133 Å². The monoisotopic (exact) mass is 2010 g/mol. The Bertz CT molecular complexity index is 6330. The van der Waals surface area contributed by atoms with Gasteiger partial charge in [0.1, 0.15) is 32.3 Å². The molecule has 8 N–H and O–H groups in total. The Kier molecular flexibility index (Phi) is 38.9. The Hall–Kier alpha value is -10.8. The minimum absolute atomic E-state index is 0.00555. The number of nitrogen functional groups attached to an aromatic ring is 1. The van der Waals surface area contributed by atoms with Gasteiger partial charge >= 0.3 is 5.69 Å². The molecule has 3 aliphatic rings. The van der Waals surface area contributed by atoms with Gasteiger partial charge in [-0.25, -0.2) is 40.2 Å². The zero-order chi connectivity index (χ0) is 100. The van der Waals surface area contributed by atoms with Crippen LogP contribution in [0.15, 0.2) is 179 Å². The minimum Gasteiger partial charge on any atom is -0.489 e. The van der Waals surface area contributed by atoms with E-state index in [9.17, 15) is 35.4 Å². The molecule has 4 aromatic heterocycles. The standard InChI is InChI=1S/C29H38ClN5O3S.C28H36ClN5O3S.C16H26N2O.C15H16N2O3.C13H13Cl2N3O2S/c1-18(2)38-26-16-22(21-11-13-35(6)14-12-21)20(5)15-25(26)33-29-31-17-23(30)28(34-29)32-24-9-7-8-10-27(24)39(36,37)19(3)4;1-17(2)37-25-15-21(20-10-12-30-13-11-20)19(5)14-24(25)33-28-31-16-22(29)27(34-28)32-23-8-6-7-9-26(23)38(35,36)18(3)4;1-11(2)19-16-10-14(12(3)9-15(16)17)13-5-7-18(4)8-6-13;1-10(2)20-15-9-13(12-4-6-16-7-5-12)11(3)8-14(15)17(18)19;1-8(2)21(19,20)11-6-4-3-5-10(11)17-12-9(14)7-16-13(15)18-12/h7-10,15-19,21H,11-14H2,1-6H3,(H2,31,32,33,34);6-9,14-18,20,30H,10-13H2,1-5H3,(H2,31,32,33,34);9-11,13H,5-8,17H2,1-4H3;4-10H,1-3H3;3-8H,1-2H3,(H,16,17,18). The molecular weight excluding hydrogens is 1880 g/mol. The van der Waals surface area contributed by atoms with Crippen molar-refractivity contribution in [3.05, 3.63) is 234 Å². The van der Waals surface area contributed by atoms with E-state index >= 15 is 0 Å². The molecule has 14 rings (SSSR count). The van der Waals surface area contributed by atoms with Crippen molar-refractivity contribution in [2.75, 3.05) is 85.7 Å². The summed E-state index contributed by atoms with van der Waals surface area (Å²) < 4.78 is 100. The second kappa shape index (κ2) is 49.2. The van der Waals surface area contributed by atoms with Crippen molar-refractivity contribution < 1.29 is 49.1 Å². The van der Waals surface area contributed by atoms with E-state index in [1.807, 2.05) is 74.4 Å². The molecule has 0 saturated carbocycles. The summed E-state index contributed by atoms with van der Waals surface area (Å²) in [4.78, 5) is 45.6. The summed E-state index contributed by atoms with van der Waals surface area (Å²) in [5.41, 5.74) is 19.9. The van der Waals surface area contributed by atoms with E-state index in [4.69, 9.17) is 71.1 Å². The smallest absolute Gasteiger partial charge is 0.311 e. The van der Waals surface area contributed by atoms with Gasteiger partial charge in [0.2, 0.25) is 17.2 Å². The molecule has 7 aromatic carbocycles. The normalized spacial score (nSPS) is 14.2. The summed E-state index contributed by atoms with van der Waals surface area (Å²) in [5, 5.41) is 29.4. The first-order valence-electron chi connectivity index (χ1n) is 46.0. The molecule has 0 aliphatic carbocycles. The van der Waals surface area contributed by atoms with Gasteiger partial charge < -0.3 is 66.4 Å². The van der Waals surface area contributed by atoms with Gasteiger partial charge in [-0.05, 0) is 387 Å². The number of anilines is 11. The van der Waals surface area contributed by atoms with Crippen molar-refractivity contribution in [2.24, 2.45) is 0 Å². The van der Waals surface area contributed by atoms with Crippen molar-refractivity contribution >= 4 is 145 Å². The summed E-state index contributed by atoms with van der Waals surface area (Å²) in [7, 11) is -6.11. The number of para-hydroxylation sites is 3. The molecule has 736 valence electrons. The number of pyridine rings is 1. The zero-order valence-electron chi connectivity index (χ0n) is 81.5. The lowest BCUT2D eigenvalue weighted by atomic mass is 9.86. The number of halogens is 4. The molecular formula is C101H129Cl4N17O12S3. The first-order valence-corrected chi connectivity index (χ1v) is 52.1. The number of likely N-dealkylation sites (tertiary alicyclic amines) is 2. The van der Waals surface area contributed by atoms with Gasteiger partial charge in [0.05, 0.1) is 112 Å². The predicted octanol–water partition coefficient (Wildman–Crippen LogP) is 23.7. The maximum Gasteiger partial charge on any atom is 0.311 e. The largest absolute Gasteiger partial charge is 0.489 e. The quantitative estimate of drug-likeness (QED) is 0.00991. The summed E-state index contributed by atoms with van der Waals surface area (Å²) in [6.45, 7) is 40.4. The van der Waals surface area contributed by atoms with E-state index in [2.05, 4.69) is 148 Å². The number of aryl methyl sites for hydroxylation is 4. The number of benzene rings is 7. The van der Waals surface area contributed by atoms with Crippen LogP contribution in [0.5, 0.6) is 23.0 Å². The average Bonchev–Trinajstić information content (AvgIpc) is 0.754. The third kappa shape index (κ3) is 29.7. The van der Waals surface area contributed by atoms with Crippen LogP contribution in [-0.2, 0) is 29.5 Å². The fraction of sp³-hybridized carbons (Fsp3) is 0.416. The predicted molar refractivity (Wildman–Crippen MR) is 555 cm³/mol. The maximum atomic E-state index is 12.9. The van der Waals surface area contributed by atoms with E-state index in [0.29, 0.717) is 64.1 Å². The Balaban J connectivity index is 0.000000183. The van der Waals surface area contributed by atoms with Crippen molar-refractivity contribution in [1.29, 1.82) is 0 Å². The lowest BCUT2D eigenvalue weighted by Gasteiger charge is -2.30. The third-order valence-corrected chi connectivity index (χ3v) is 30.7. The summed E-state index contributed by atoms with van der Waals surface area (Å²) in [6.07, 6.45) is 14.6. The Labute approximate surface area is 827 Å². The molecule has 0 unspecified atom stereocenters. The molecule has 0 atom stereocenters. The highest BCUT2D eigenvalue weighted by molar-refractivity contribution is 7.92. The molecule has 36 heteroatoms. The first kappa shape index (κ1) is 108. The Morgan fingerprint density at radius 3 is 1.15 bits per heavy atom. The number of hydrogen-bond donors (Lipinski definition) is 7. The number of nitrogens with two attached hydrogens (primary N) is 1. The number of ether oxygens (including phenoxy) is 4. The molecule has 0 radical (unpaired) electrons. The van der Waals surface area contributed by atoms with Crippen LogP contribution in [0.25, 0.3) is 11.1 Å². The van der Waals surface area contributed by atoms with Gasteiger partial charge in [-0.15, -0.1) is 0 Å². The second-order valence-corrected chi connectivity index (χ2v) is 45.1. The number of hydrogen-bond acceptors (Lipinski definition) is 28. The van der Waals surface area contributed by atoms with Crippen LogP contribution in [0.1, 0.15) is 192 Å². The third-order valence-electron chi connectivity index (χ3n) is 23.1. The first-order chi connectivity index (χ1) is 64.8. The number of rotatable bonds is 29. The number of aromatic nitrogens is 7. The molecule has 7 heterocycles. The highest BCUT2D eigenvalue weighted by atomic mass is 35.5. The van der Waals surface area contributed by atoms with Crippen molar-refractivity contribution in [1.82, 2.24) is 50.0 Å².